The summed E-state index contributed by atoms with van der Waals surface area (Å²) in [6, 6.07) is 13.1. The first-order valence-electron chi connectivity index (χ1n) is 13.6. The van der Waals surface area contributed by atoms with Gasteiger partial charge in [-0.05, 0) is 37.6 Å². The molecule has 2 saturated heterocycles. The van der Waals surface area contributed by atoms with Gasteiger partial charge in [-0.1, -0.05) is 17.7 Å². The van der Waals surface area contributed by atoms with E-state index in [9.17, 15) is 14.0 Å². The monoisotopic (exact) mass is 578 g/mol. The van der Waals surface area contributed by atoms with Crippen LogP contribution in [0.25, 0.3) is 11.0 Å². The Bertz CT molecular complexity index is 1620. The van der Waals surface area contributed by atoms with Crippen LogP contribution in [0.1, 0.15) is 30.4 Å². The molecule has 6 rings (SSSR count). The van der Waals surface area contributed by atoms with Crippen LogP contribution in [0.15, 0.2) is 48.7 Å². The van der Waals surface area contributed by atoms with Crippen molar-refractivity contribution < 1.29 is 18.3 Å². The summed E-state index contributed by atoms with van der Waals surface area (Å²) in [5, 5.41) is 9.58. The van der Waals surface area contributed by atoms with Gasteiger partial charge in [0.25, 0.3) is 0 Å². The molecule has 2 aliphatic heterocycles. The van der Waals surface area contributed by atoms with E-state index in [1.165, 1.54) is 18.2 Å². The molecule has 2 atom stereocenters. The number of hydrogen-bond donors (Lipinski definition) is 0. The lowest BCUT2D eigenvalue weighted by Gasteiger charge is -2.41. The van der Waals surface area contributed by atoms with Gasteiger partial charge in [-0.3, -0.25) is 4.90 Å². The fourth-order valence-corrected chi connectivity index (χ4v) is 5.49. The Morgan fingerprint density at radius 3 is 2.73 bits per heavy atom. The molecule has 0 N–H and O–H groups in total. The quantitative estimate of drug-likeness (QED) is 0.280. The summed E-state index contributed by atoms with van der Waals surface area (Å²) in [5.41, 5.74) is 3.15. The first-order chi connectivity index (χ1) is 19.9. The van der Waals surface area contributed by atoms with Gasteiger partial charge in [0, 0.05) is 60.7 Å². The predicted octanol–water partition coefficient (Wildman–Crippen LogP) is 5.31. The second-order valence-electron chi connectivity index (χ2n) is 10.5. The van der Waals surface area contributed by atoms with E-state index in [1.807, 2.05) is 0 Å². The van der Waals surface area contributed by atoms with Crippen LogP contribution in [0.3, 0.4) is 0 Å². The maximum Gasteiger partial charge on any atom is 0.165 e. The van der Waals surface area contributed by atoms with Gasteiger partial charge in [0.05, 0.1) is 36.4 Å². The van der Waals surface area contributed by atoms with Crippen molar-refractivity contribution in [2.45, 2.75) is 45.2 Å². The molecule has 0 radical (unpaired) electrons. The number of aromatic nitrogens is 3. The minimum absolute atomic E-state index is 0.0733. The summed E-state index contributed by atoms with van der Waals surface area (Å²) in [4.78, 5) is 13.7. The number of pyridine rings is 1. The molecule has 41 heavy (non-hydrogen) atoms. The number of rotatable bonds is 8. The van der Waals surface area contributed by atoms with Gasteiger partial charge in [0.2, 0.25) is 0 Å². The van der Waals surface area contributed by atoms with Gasteiger partial charge in [0.15, 0.2) is 11.6 Å². The Kier molecular flexibility index (Phi) is 7.75. The lowest BCUT2D eigenvalue weighted by molar-refractivity contribution is -0.0592. The predicted molar refractivity (Wildman–Crippen MR) is 151 cm³/mol. The van der Waals surface area contributed by atoms with Crippen molar-refractivity contribution in [3.8, 4) is 11.8 Å². The highest BCUT2D eigenvalue weighted by molar-refractivity contribution is 6.30. The maximum atomic E-state index is 14.6. The molecule has 2 aromatic heterocycles. The molecule has 0 bridgehead atoms. The van der Waals surface area contributed by atoms with Gasteiger partial charge in [-0.2, -0.15) is 5.26 Å². The molecular formula is C30H29ClF2N6O2. The first kappa shape index (κ1) is 27.4. The van der Waals surface area contributed by atoms with Crippen molar-refractivity contribution in [1.82, 2.24) is 19.4 Å². The Labute approximate surface area is 241 Å². The topological polar surface area (TPSA) is 79.4 Å². The van der Waals surface area contributed by atoms with Crippen LogP contribution in [0.4, 0.5) is 14.5 Å². The molecule has 2 aromatic carbocycles. The normalized spacial score (nSPS) is 19.2. The minimum atomic E-state index is -0.502. The van der Waals surface area contributed by atoms with Gasteiger partial charge >= 0.3 is 0 Å². The molecule has 2 fully saturated rings. The Morgan fingerprint density at radius 1 is 1.15 bits per heavy atom. The number of piperazine rings is 1. The zero-order valence-electron chi connectivity index (χ0n) is 22.6. The molecule has 212 valence electrons. The number of hydrogen-bond acceptors (Lipinski definition) is 7. The molecule has 8 nitrogen and oxygen atoms in total. The fraction of sp³-hybridized carbons (Fsp3) is 0.367. The summed E-state index contributed by atoms with van der Waals surface area (Å²) >= 11 is 5.83. The number of fused-ring (bicyclic) bond motifs is 1. The van der Waals surface area contributed by atoms with Crippen LogP contribution in [0.2, 0.25) is 5.02 Å². The zero-order valence-corrected chi connectivity index (χ0v) is 23.3. The molecule has 4 heterocycles. The number of nitriles is 1. The summed E-state index contributed by atoms with van der Waals surface area (Å²) < 4.78 is 42.3. The number of halogens is 3. The van der Waals surface area contributed by atoms with Crippen molar-refractivity contribution in [1.29, 1.82) is 5.26 Å². The summed E-state index contributed by atoms with van der Waals surface area (Å²) in [6.07, 6.45) is 2.89. The lowest BCUT2D eigenvalue weighted by atomic mass is 10.1. The smallest absolute Gasteiger partial charge is 0.165 e. The van der Waals surface area contributed by atoms with Crippen LogP contribution in [-0.2, 0) is 24.4 Å². The van der Waals surface area contributed by atoms with Gasteiger partial charge in [-0.15, -0.1) is 0 Å². The van der Waals surface area contributed by atoms with E-state index >= 15 is 0 Å². The van der Waals surface area contributed by atoms with Crippen molar-refractivity contribution in [2.24, 2.45) is 0 Å². The second-order valence-corrected chi connectivity index (χ2v) is 10.9. The van der Waals surface area contributed by atoms with Gasteiger partial charge in [0.1, 0.15) is 30.0 Å². The average Bonchev–Trinajstić information content (AvgIpc) is 3.27. The van der Waals surface area contributed by atoms with Crippen molar-refractivity contribution >= 4 is 28.3 Å². The first-order valence-corrected chi connectivity index (χ1v) is 14.0. The van der Waals surface area contributed by atoms with E-state index < -0.39 is 11.6 Å². The van der Waals surface area contributed by atoms with Crippen molar-refractivity contribution in [2.75, 3.05) is 31.1 Å². The van der Waals surface area contributed by atoms with Crippen LogP contribution in [0.5, 0.6) is 5.75 Å². The largest absolute Gasteiger partial charge is 0.486 e. The number of ether oxygens (including phenoxy) is 2. The van der Waals surface area contributed by atoms with Crippen LogP contribution in [0, 0.1) is 23.0 Å². The number of nitrogens with zero attached hydrogens (tertiary/aromatic N) is 6. The molecule has 0 unspecified atom stereocenters. The molecule has 11 heteroatoms. The highest BCUT2D eigenvalue weighted by Crippen LogP contribution is 2.29. The standard InChI is InChI=1S/C30H29ClF2N6O2/c1-19-15-38(23-4-5-25(32)29(12-23)41-18-20-2-3-21(31)10-26(20)33)8-7-37(19)17-30-36-27-11-22(13-34)35-14-28(27)39(30)16-24-6-9-40-24/h2-5,10-12,14,19,24H,6-9,15-18H2,1H3/t19-,24-/m0/s1. The zero-order chi connectivity index (χ0) is 28.5. The number of imidazole rings is 1. The number of benzene rings is 2. The van der Waals surface area contributed by atoms with Crippen molar-refractivity contribution in [3.63, 3.8) is 0 Å². The molecule has 4 aromatic rings. The molecular weight excluding hydrogens is 550 g/mol. The van der Waals surface area contributed by atoms with Crippen molar-refractivity contribution in [3.05, 3.63) is 82.4 Å². The summed E-state index contributed by atoms with van der Waals surface area (Å²) in [6.45, 7) is 6.40. The van der Waals surface area contributed by atoms with Gasteiger partial charge in [-0.25, -0.2) is 18.7 Å². The van der Waals surface area contributed by atoms with Crippen LogP contribution < -0.4 is 9.64 Å². The fourth-order valence-electron chi connectivity index (χ4n) is 5.33. The molecule has 0 saturated carbocycles. The summed E-state index contributed by atoms with van der Waals surface area (Å²) in [7, 11) is 0. The second kappa shape index (κ2) is 11.6. The molecule has 0 spiro atoms. The average molecular weight is 579 g/mol. The third-order valence-corrected chi connectivity index (χ3v) is 8.03. The Hall–Kier alpha value is -3.78. The van der Waals surface area contributed by atoms with Crippen LogP contribution in [-0.4, -0.2) is 57.8 Å². The van der Waals surface area contributed by atoms with E-state index in [4.69, 9.17) is 26.1 Å². The van der Waals surface area contributed by atoms with Gasteiger partial charge < -0.3 is 18.9 Å². The summed E-state index contributed by atoms with van der Waals surface area (Å²) in [5.74, 6) is -0.00323. The lowest BCUT2D eigenvalue weighted by Crippen LogP contribution is -2.51. The Balaban J connectivity index is 1.15. The van der Waals surface area contributed by atoms with Crippen LogP contribution >= 0.6 is 11.6 Å². The molecule has 2 aliphatic rings. The Morgan fingerprint density at radius 2 is 2.00 bits per heavy atom. The van der Waals surface area contributed by atoms with E-state index in [-0.39, 0.29) is 24.5 Å². The maximum absolute atomic E-state index is 14.6. The highest BCUT2D eigenvalue weighted by Gasteiger charge is 2.28. The number of anilines is 1. The molecule has 0 aliphatic carbocycles. The third-order valence-electron chi connectivity index (χ3n) is 7.80. The van der Waals surface area contributed by atoms with E-state index in [0.717, 1.165) is 55.2 Å². The molecule has 0 amide bonds. The van der Waals surface area contributed by atoms with E-state index in [2.05, 4.69) is 32.3 Å². The minimum Gasteiger partial charge on any atom is -0.486 e. The SMILES string of the molecule is C[C@H]1CN(c2ccc(F)c(OCc3ccc(Cl)cc3F)c2)CCN1Cc1nc2cc(C#N)ncc2n1C[C@@H]1CCO1. The highest BCUT2D eigenvalue weighted by atomic mass is 35.5. The van der Waals surface area contributed by atoms with E-state index in [1.54, 1.807) is 30.5 Å². The van der Waals surface area contributed by atoms with E-state index in [0.29, 0.717) is 29.4 Å². The third kappa shape index (κ3) is 5.84.